The molecule has 0 bridgehead atoms. The molecule has 138 valence electrons. The Kier molecular flexibility index (Phi) is 4.71. The van der Waals surface area contributed by atoms with Gasteiger partial charge < -0.3 is 24.0 Å². The fourth-order valence-corrected chi connectivity index (χ4v) is 3.31. The fraction of sp³-hybridized carbons (Fsp3) is 0.421. The van der Waals surface area contributed by atoms with Crippen molar-refractivity contribution >= 4 is 22.8 Å². The molecule has 7 nitrogen and oxygen atoms in total. The quantitative estimate of drug-likeness (QED) is 0.751. The van der Waals surface area contributed by atoms with Crippen molar-refractivity contribution in [1.82, 2.24) is 4.90 Å². The summed E-state index contributed by atoms with van der Waals surface area (Å²) in [4.78, 5) is 36.6. The topological polar surface area (TPSA) is 99.9 Å². The zero-order valence-electron chi connectivity index (χ0n) is 15.0. The molecule has 0 radical (unpaired) electrons. The molecule has 1 fully saturated rings. The number of aryl methyl sites for hydroxylation is 2. The highest BCUT2D eigenvalue weighted by Gasteiger charge is 2.29. The van der Waals surface area contributed by atoms with Gasteiger partial charge in [-0.05, 0) is 51.3 Å². The monoisotopic (exact) mass is 358 g/mol. The Morgan fingerprint density at radius 2 is 1.96 bits per heavy atom. The Balaban J connectivity index is 1.82. The van der Waals surface area contributed by atoms with E-state index in [-0.39, 0.29) is 6.61 Å². The predicted octanol–water partition coefficient (Wildman–Crippen LogP) is 0.838. The summed E-state index contributed by atoms with van der Waals surface area (Å²) in [5.74, 6) is -1.23. The van der Waals surface area contributed by atoms with Gasteiger partial charge in [0.25, 0.3) is 5.91 Å². The van der Waals surface area contributed by atoms with Gasteiger partial charge >= 0.3 is 5.63 Å². The van der Waals surface area contributed by atoms with Crippen LogP contribution < -0.4 is 15.5 Å². The first-order chi connectivity index (χ1) is 12.3. The number of carbonyl (C=O) groups is 2. The van der Waals surface area contributed by atoms with Crippen LogP contribution in [0.2, 0.25) is 0 Å². The smallest absolute Gasteiger partial charge is 0.339 e. The van der Waals surface area contributed by atoms with Crippen LogP contribution in [0.5, 0.6) is 5.75 Å². The van der Waals surface area contributed by atoms with E-state index < -0.39 is 23.5 Å². The number of nitrogens with zero attached hydrogens (tertiary/aromatic N) is 1. The number of likely N-dealkylation sites (tertiary alicyclic amines) is 1. The highest BCUT2D eigenvalue weighted by Crippen LogP contribution is 2.29. The van der Waals surface area contributed by atoms with Gasteiger partial charge in [-0.15, -0.1) is 0 Å². The molecule has 0 unspecified atom stereocenters. The molecule has 1 saturated heterocycles. The van der Waals surface area contributed by atoms with E-state index in [0.29, 0.717) is 41.8 Å². The van der Waals surface area contributed by atoms with Gasteiger partial charge in [0.1, 0.15) is 11.3 Å². The van der Waals surface area contributed by atoms with Crippen molar-refractivity contribution in [2.45, 2.75) is 39.7 Å². The van der Waals surface area contributed by atoms with E-state index in [0.717, 1.165) is 10.9 Å². The van der Waals surface area contributed by atoms with Crippen LogP contribution in [0.15, 0.2) is 21.3 Å². The van der Waals surface area contributed by atoms with Gasteiger partial charge in [0, 0.05) is 23.1 Å². The minimum absolute atomic E-state index is 0.287. The van der Waals surface area contributed by atoms with Crippen LogP contribution in [-0.2, 0) is 9.59 Å². The Hall–Kier alpha value is -2.83. The molecule has 0 aliphatic carbocycles. The number of hydrogen-bond acceptors (Lipinski definition) is 6. The molecule has 1 amide bonds. The maximum absolute atomic E-state index is 12.3. The van der Waals surface area contributed by atoms with E-state index in [1.165, 1.54) is 4.90 Å². The van der Waals surface area contributed by atoms with Crippen molar-refractivity contribution in [3.63, 3.8) is 0 Å². The maximum atomic E-state index is 12.3. The van der Waals surface area contributed by atoms with Gasteiger partial charge in [-0.2, -0.15) is 0 Å². The molecule has 0 spiro atoms. The average Bonchev–Trinajstić information content (AvgIpc) is 3.10. The van der Waals surface area contributed by atoms with Crippen molar-refractivity contribution in [3.05, 3.63) is 39.2 Å². The third-order valence-corrected chi connectivity index (χ3v) is 5.02. The molecule has 1 atom stereocenters. The molecule has 0 N–H and O–H groups in total. The van der Waals surface area contributed by atoms with Gasteiger partial charge in [-0.25, -0.2) is 4.79 Å². The summed E-state index contributed by atoms with van der Waals surface area (Å²) >= 11 is 0. The SMILES string of the molecule is Cc1c(C)c2ccc(OCC(=O)N3CCC[C@@H]3C(=O)[O-])c(C)c2oc1=O. The zero-order valence-corrected chi connectivity index (χ0v) is 15.0. The Morgan fingerprint density at radius 3 is 2.65 bits per heavy atom. The number of aliphatic carboxylic acids is 1. The van der Waals surface area contributed by atoms with Crippen molar-refractivity contribution in [1.29, 1.82) is 0 Å². The summed E-state index contributed by atoms with van der Waals surface area (Å²) in [6.45, 7) is 5.41. The number of amides is 1. The van der Waals surface area contributed by atoms with Crippen molar-refractivity contribution in [3.8, 4) is 5.75 Å². The second kappa shape index (κ2) is 6.82. The second-order valence-corrected chi connectivity index (χ2v) is 6.56. The van der Waals surface area contributed by atoms with Crippen LogP contribution in [-0.4, -0.2) is 36.0 Å². The van der Waals surface area contributed by atoms with Crippen LogP contribution >= 0.6 is 0 Å². The van der Waals surface area contributed by atoms with Gasteiger partial charge in [0.05, 0.1) is 12.0 Å². The van der Waals surface area contributed by atoms with E-state index in [2.05, 4.69) is 0 Å². The number of carbonyl (C=O) groups excluding carboxylic acids is 2. The number of carboxylic acids is 1. The minimum Gasteiger partial charge on any atom is -0.548 e. The van der Waals surface area contributed by atoms with Gasteiger partial charge in [0.15, 0.2) is 6.61 Å². The molecular weight excluding hydrogens is 338 g/mol. The Labute approximate surface area is 150 Å². The first-order valence-electron chi connectivity index (χ1n) is 8.48. The largest absolute Gasteiger partial charge is 0.548 e. The summed E-state index contributed by atoms with van der Waals surface area (Å²) < 4.78 is 11.0. The minimum atomic E-state index is -1.25. The average molecular weight is 358 g/mol. The van der Waals surface area contributed by atoms with Gasteiger partial charge in [-0.3, -0.25) is 4.79 Å². The summed E-state index contributed by atoms with van der Waals surface area (Å²) in [5, 5.41) is 11.9. The normalized spacial score (nSPS) is 16.9. The van der Waals surface area contributed by atoms with E-state index in [1.807, 2.05) is 6.92 Å². The first kappa shape index (κ1) is 18.0. The molecule has 7 heteroatoms. The maximum Gasteiger partial charge on any atom is 0.339 e. The number of carboxylic acid groups (broad SMARTS) is 1. The lowest BCUT2D eigenvalue weighted by Crippen LogP contribution is -2.48. The summed E-state index contributed by atoms with van der Waals surface area (Å²) in [5.41, 5.74) is 2.05. The number of rotatable bonds is 4. The first-order valence-corrected chi connectivity index (χ1v) is 8.48. The molecule has 0 saturated carbocycles. The van der Waals surface area contributed by atoms with E-state index in [4.69, 9.17) is 9.15 Å². The third-order valence-electron chi connectivity index (χ3n) is 5.02. The summed E-state index contributed by atoms with van der Waals surface area (Å²) in [6.07, 6.45) is 1.02. The molecule has 26 heavy (non-hydrogen) atoms. The summed E-state index contributed by atoms with van der Waals surface area (Å²) in [7, 11) is 0. The van der Waals surface area contributed by atoms with Crippen LogP contribution in [0.3, 0.4) is 0 Å². The van der Waals surface area contributed by atoms with Crippen molar-refractivity contribution in [2.24, 2.45) is 0 Å². The van der Waals surface area contributed by atoms with Crippen LogP contribution in [0.4, 0.5) is 0 Å². The molecule has 1 aromatic carbocycles. The van der Waals surface area contributed by atoms with Crippen molar-refractivity contribution in [2.75, 3.05) is 13.2 Å². The second-order valence-electron chi connectivity index (χ2n) is 6.56. The van der Waals surface area contributed by atoms with E-state index >= 15 is 0 Å². The van der Waals surface area contributed by atoms with Crippen molar-refractivity contribution < 1.29 is 23.8 Å². The van der Waals surface area contributed by atoms with Gasteiger partial charge in [0.2, 0.25) is 0 Å². The summed E-state index contributed by atoms with van der Waals surface area (Å²) in [6, 6.07) is 2.61. The Morgan fingerprint density at radius 1 is 1.23 bits per heavy atom. The zero-order chi connectivity index (χ0) is 19.0. The predicted molar refractivity (Wildman–Crippen MR) is 91.9 cm³/mol. The lowest BCUT2D eigenvalue weighted by molar-refractivity contribution is -0.310. The number of benzene rings is 1. The lowest BCUT2D eigenvalue weighted by atomic mass is 10.0. The van der Waals surface area contributed by atoms with E-state index in [1.54, 1.807) is 26.0 Å². The number of fused-ring (bicyclic) bond motifs is 1. The highest BCUT2D eigenvalue weighted by atomic mass is 16.5. The molecule has 1 aliphatic rings. The number of hydrogen-bond donors (Lipinski definition) is 0. The van der Waals surface area contributed by atoms with Crippen LogP contribution in [0.1, 0.15) is 29.5 Å². The molecular formula is C19H20NO6-. The lowest BCUT2D eigenvalue weighted by Gasteiger charge is -2.25. The van der Waals surface area contributed by atoms with E-state index in [9.17, 15) is 19.5 Å². The fourth-order valence-electron chi connectivity index (χ4n) is 3.31. The molecule has 2 heterocycles. The number of ether oxygens (including phenoxy) is 1. The highest BCUT2D eigenvalue weighted by molar-refractivity contribution is 5.86. The molecule has 1 aliphatic heterocycles. The Bertz CT molecular complexity index is 945. The van der Waals surface area contributed by atoms with Crippen LogP contribution in [0.25, 0.3) is 11.0 Å². The standard InChI is InChI=1S/C19H21NO6/c1-10-11(2)19(24)26-17-12(3)15(7-6-13(10)17)25-9-16(21)20-8-4-5-14(20)18(22)23/h6-7,14H,4-5,8-9H2,1-3H3,(H,22,23)/p-1/t14-/m1/s1. The third kappa shape index (κ3) is 3.05. The molecule has 3 rings (SSSR count). The molecule has 2 aromatic rings. The van der Waals surface area contributed by atoms with Gasteiger partial charge in [-0.1, -0.05) is 0 Å². The van der Waals surface area contributed by atoms with Crippen LogP contribution in [0, 0.1) is 20.8 Å². The molecule has 1 aromatic heterocycles.